The van der Waals surface area contributed by atoms with Gasteiger partial charge in [0, 0.05) is 24.0 Å². The third-order valence-electron chi connectivity index (χ3n) is 5.94. The Hall–Kier alpha value is -2.43. The highest BCUT2D eigenvalue weighted by Crippen LogP contribution is 2.43. The first kappa shape index (κ1) is 19.5. The van der Waals surface area contributed by atoms with Crippen LogP contribution >= 0.6 is 22.9 Å². The van der Waals surface area contributed by atoms with Crippen molar-refractivity contribution in [3.05, 3.63) is 75.4 Å². The molecule has 0 atom stereocenters. The maximum atomic E-state index is 6.33. The zero-order chi connectivity index (χ0) is 20.7. The van der Waals surface area contributed by atoms with Gasteiger partial charge < -0.3 is 4.90 Å². The summed E-state index contributed by atoms with van der Waals surface area (Å²) in [5, 5.41) is 1.41. The Morgan fingerprint density at radius 3 is 2.57 bits per heavy atom. The molecule has 0 saturated carbocycles. The van der Waals surface area contributed by atoms with Crippen LogP contribution in [0.25, 0.3) is 21.3 Å². The minimum atomic E-state index is 0.302. The van der Waals surface area contributed by atoms with Gasteiger partial charge in [0.25, 0.3) is 0 Å². The average molecular weight is 434 g/mol. The highest BCUT2D eigenvalue weighted by atomic mass is 35.5. The van der Waals surface area contributed by atoms with Crippen molar-refractivity contribution >= 4 is 39.0 Å². The Balaban J connectivity index is 1.65. The third kappa shape index (κ3) is 3.59. The minimum absolute atomic E-state index is 0.302. The number of halogens is 1. The molecule has 0 fully saturated rings. The fourth-order valence-corrected chi connectivity index (χ4v) is 5.77. The Morgan fingerprint density at radius 1 is 1.00 bits per heavy atom. The molecule has 0 spiro atoms. The first-order valence-electron chi connectivity index (χ1n) is 10.4. The van der Waals surface area contributed by atoms with E-state index in [1.807, 2.05) is 6.07 Å². The molecule has 0 bridgehead atoms. The number of fused-ring (bicyclic) bond motifs is 2. The van der Waals surface area contributed by atoms with E-state index in [0.29, 0.717) is 5.28 Å². The fraction of sp³-hybridized carbons (Fsp3) is 0.280. The van der Waals surface area contributed by atoms with Gasteiger partial charge in [0.2, 0.25) is 5.28 Å². The summed E-state index contributed by atoms with van der Waals surface area (Å²) in [6.45, 7) is 2.94. The van der Waals surface area contributed by atoms with Crippen molar-refractivity contribution < 1.29 is 0 Å². The van der Waals surface area contributed by atoms with E-state index in [-0.39, 0.29) is 0 Å². The van der Waals surface area contributed by atoms with Gasteiger partial charge in [0.05, 0.1) is 5.39 Å². The maximum Gasteiger partial charge on any atom is 0.225 e. The lowest BCUT2D eigenvalue weighted by atomic mass is 9.89. The second-order valence-corrected chi connectivity index (χ2v) is 9.60. The van der Waals surface area contributed by atoms with Gasteiger partial charge >= 0.3 is 0 Å². The van der Waals surface area contributed by atoms with Crippen LogP contribution in [0.5, 0.6) is 0 Å². The zero-order valence-corrected chi connectivity index (χ0v) is 18.9. The Morgan fingerprint density at radius 2 is 1.77 bits per heavy atom. The first-order chi connectivity index (χ1) is 14.6. The predicted octanol–water partition coefficient (Wildman–Crippen LogP) is 6.84. The van der Waals surface area contributed by atoms with E-state index < -0.39 is 0 Å². The number of benzene rings is 2. The fourth-order valence-electron chi connectivity index (χ4n) is 4.51. The molecule has 3 nitrogen and oxygen atoms in total. The van der Waals surface area contributed by atoms with Crippen LogP contribution in [0.4, 0.5) is 5.82 Å². The van der Waals surface area contributed by atoms with E-state index in [2.05, 4.69) is 71.3 Å². The normalized spacial score (nSPS) is 13.4. The molecule has 4 aromatic rings. The summed E-state index contributed by atoms with van der Waals surface area (Å²) in [6.07, 6.45) is 4.95. The van der Waals surface area contributed by atoms with Crippen molar-refractivity contribution in [3.8, 4) is 11.1 Å². The summed E-state index contributed by atoms with van der Waals surface area (Å²) >= 11 is 8.03. The summed E-state index contributed by atoms with van der Waals surface area (Å²) < 4.78 is 0. The third-order valence-corrected chi connectivity index (χ3v) is 7.11. The van der Waals surface area contributed by atoms with E-state index >= 15 is 0 Å². The van der Waals surface area contributed by atoms with Gasteiger partial charge in [-0.05, 0) is 66.5 Å². The second kappa shape index (κ2) is 8.01. The summed E-state index contributed by atoms with van der Waals surface area (Å²) in [5.74, 6) is 0.894. The lowest BCUT2D eigenvalue weighted by molar-refractivity contribution is 0.686. The van der Waals surface area contributed by atoms with Crippen LogP contribution in [0, 0.1) is 6.92 Å². The predicted molar refractivity (Wildman–Crippen MR) is 128 cm³/mol. The molecule has 2 heterocycles. The Bertz CT molecular complexity index is 1220. The molecule has 2 aromatic heterocycles. The molecule has 30 heavy (non-hydrogen) atoms. The van der Waals surface area contributed by atoms with E-state index in [1.165, 1.54) is 58.4 Å². The first-order valence-corrected chi connectivity index (χ1v) is 11.6. The molecular weight excluding hydrogens is 410 g/mol. The van der Waals surface area contributed by atoms with Crippen molar-refractivity contribution in [1.29, 1.82) is 0 Å². The van der Waals surface area contributed by atoms with Crippen LogP contribution < -0.4 is 4.90 Å². The lowest BCUT2D eigenvalue weighted by Crippen LogP contribution is -2.18. The molecule has 5 rings (SSSR count). The highest BCUT2D eigenvalue weighted by Gasteiger charge is 2.21. The van der Waals surface area contributed by atoms with Crippen molar-refractivity contribution in [3.63, 3.8) is 0 Å². The van der Waals surface area contributed by atoms with Gasteiger partial charge in [-0.25, -0.2) is 4.98 Å². The van der Waals surface area contributed by atoms with E-state index in [9.17, 15) is 0 Å². The quantitative estimate of drug-likeness (QED) is 0.330. The van der Waals surface area contributed by atoms with Gasteiger partial charge in [0.15, 0.2) is 0 Å². The number of hydrogen-bond acceptors (Lipinski definition) is 4. The highest BCUT2D eigenvalue weighted by molar-refractivity contribution is 7.19. The molecule has 0 N–H and O–H groups in total. The molecule has 152 valence electrons. The average Bonchev–Trinajstić information content (AvgIpc) is 3.08. The molecule has 0 saturated heterocycles. The van der Waals surface area contributed by atoms with Gasteiger partial charge in [-0.1, -0.05) is 48.5 Å². The molecule has 0 unspecified atom stereocenters. The Kier molecular flexibility index (Phi) is 5.21. The van der Waals surface area contributed by atoms with Gasteiger partial charge in [-0.3, -0.25) is 0 Å². The molecule has 0 radical (unpaired) electrons. The zero-order valence-electron chi connectivity index (χ0n) is 17.3. The number of aryl methyl sites for hydroxylation is 3. The van der Waals surface area contributed by atoms with Gasteiger partial charge in [0.1, 0.15) is 10.6 Å². The van der Waals surface area contributed by atoms with Crippen molar-refractivity contribution in [2.75, 3.05) is 11.9 Å². The largest absolute Gasteiger partial charge is 0.355 e. The summed E-state index contributed by atoms with van der Waals surface area (Å²) in [5.41, 5.74) is 6.74. The molecule has 0 amide bonds. The number of hydrogen-bond donors (Lipinski definition) is 0. The van der Waals surface area contributed by atoms with Crippen molar-refractivity contribution in [1.82, 2.24) is 9.97 Å². The number of aromatic nitrogens is 2. The van der Waals surface area contributed by atoms with Crippen LogP contribution in [0.2, 0.25) is 5.28 Å². The Labute approximate surface area is 186 Å². The molecule has 0 aliphatic heterocycles. The number of rotatable bonds is 4. The van der Waals surface area contributed by atoms with Crippen LogP contribution in [-0.2, 0) is 19.4 Å². The molecule has 5 heteroatoms. The van der Waals surface area contributed by atoms with Crippen LogP contribution in [0.15, 0.2) is 48.5 Å². The summed E-state index contributed by atoms with van der Waals surface area (Å²) in [4.78, 5) is 13.6. The van der Waals surface area contributed by atoms with E-state index in [4.69, 9.17) is 11.6 Å². The van der Waals surface area contributed by atoms with E-state index in [0.717, 1.165) is 22.6 Å². The smallest absolute Gasteiger partial charge is 0.225 e. The molecule has 1 aliphatic carbocycles. The van der Waals surface area contributed by atoms with Crippen LogP contribution in [0.3, 0.4) is 0 Å². The van der Waals surface area contributed by atoms with E-state index in [1.54, 1.807) is 11.3 Å². The van der Waals surface area contributed by atoms with Crippen LogP contribution in [0.1, 0.15) is 34.4 Å². The van der Waals surface area contributed by atoms with Crippen LogP contribution in [-0.4, -0.2) is 17.0 Å². The second-order valence-electron chi connectivity index (χ2n) is 8.06. The lowest BCUT2D eigenvalue weighted by Gasteiger charge is -2.21. The standard InChI is InChI=1S/C25H24ClN3S/c1-16-21(20-13-12-18-10-6-7-11-19(18)14-20)22-23(27-25(26)28-24(22)30-16)29(2)15-17-8-4-3-5-9-17/h3-5,8-9,12-14H,6-7,10-11,15H2,1-2H3. The maximum absolute atomic E-state index is 6.33. The minimum Gasteiger partial charge on any atom is -0.355 e. The number of anilines is 1. The van der Waals surface area contributed by atoms with Crippen molar-refractivity contribution in [2.24, 2.45) is 0 Å². The number of thiophene rings is 1. The topological polar surface area (TPSA) is 29.0 Å². The van der Waals surface area contributed by atoms with Gasteiger partial charge in [-0.15, -0.1) is 11.3 Å². The SMILES string of the molecule is Cc1sc2nc(Cl)nc(N(C)Cc3ccccc3)c2c1-c1ccc2c(c1)CCCC2. The number of nitrogens with zero attached hydrogens (tertiary/aromatic N) is 3. The monoisotopic (exact) mass is 433 g/mol. The molecule has 2 aromatic carbocycles. The van der Waals surface area contributed by atoms with Gasteiger partial charge in [-0.2, -0.15) is 4.98 Å². The molecule has 1 aliphatic rings. The summed E-state index contributed by atoms with van der Waals surface area (Å²) in [7, 11) is 2.08. The van der Waals surface area contributed by atoms with Crippen molar-refractivity contribution in [2.45, 2.75) is 39.2 Å². The summed E-state index contributed by atoms with van der Waals surface area (Å²) in [6, 6.07) is 17.4. The molecular formula is C25H24ClN3S.